The second kappa shape index (κ2) is 4.61. The molecule has 1 aromatic heterocycles. The van der Waals surface area contributed by atoms with Gasteiger partial charge in [0.05, 0.1) is 17.6 Å². The summed E-state index contributed by atoms with van der Waals surface area (Å²) in [6.45, 7) is 5.62. The molecule has 92 valence electrons. The van der Waals surface area contributed by atoms with Crippen LogP contribution < -0.4 is 11.1 Å². The molecule has 1 aliphatic rings. The van der Waals surface area contributed by atoms with Gasteiger partial charge in [-0.15, -0.1) is 0 Å². The Balaban J connectivity index is 1.94. The summed E-state index contributed by atoms with van der Waals surface area (Å²) in [6.07, 6.45) is 4.46. The van der Waals surface area contributed by atoms with Gasteiger partial charge in [-0.05, 0) is 36.3 Å². The summed E-state index contributed by atoms with van der Waals surface area (Å²) in [7, 11) is 0. The number of nitrogens with two attached hydrogens (primary N) is 1. The summed E-state index contributed by atoms with van der Waals surface area (Å²) < 4.78 is 0. The highest BCUT2D eigenvalue weighted by atomic mass is 32.1. The molecule has 4 heteroatoms. The summed E-state index contributed by atoms with van der Waals surface area (Å²) in [5.74, 6) is 0.735. The molecule has 0 unspecified atom stereocenters. The fourth-order valence-corrected chi connectivity index (χ4v) is 2.16. The van der Waals surface area contributed by atoms with Gasteiger partial charge in [-0.3, -0.25) is 4.98 Å². The van der Waals surface area contributed by atoms with E-state index in [4.69, 9.17) is 18.0 Å². The lowest BCUT2D eigenvalue weighted by Gasteiger charge is -2.20. The van der Waals surface area contributed by atoms with Gasteiger partial charge in [-0.25, -0.2) is 0 Å². The predicted octanol–water partition coefficient (Wildman–Crippen LogP) is 2.56. The Morgan fingerprint density at radius 3 is 2.65 bits per heavy atom. The van der Waals surface area contributed by atoms with Crippen LogP contribution in [0.2, 0.25) is 0 Å². The van der Waals surface area contributed by atoms with Crippen LogP contribution in [0.3, 0.4) is 0 Å². The Kier molecular flexibility index (Phi) is 3.33. The van der Waals surface area contributed by atoms with Crippen molar-refractivity contribution in [3.63, 3.8) is 0 Å². The molecule has 0 aliphatic heterocycles. The minimum absolute atomic E-state index is 0.345. The van der Waals surface area contributed by atoms with E-state index in [9.17, 15) is 0 Å². The van der Waals surface area contributed by atoms with E-state index in [0.29, 0.717) is 16.1 Å². The van der Waals surface area contributed by atoms with Crippen LogP contribution in [0.5, 0.6) is 0 Å². The molecule has 0 aromatic carbocycles. The van der Waals surface area contributed by atoms with Crippen LogP contribution in [0.15, 0.2) is 18.3 Å². The van der Waals surface area contributed by atoms with Gasteiger partial charge in [0.15, 0.2) is 0 Å². The Labute approximate surface area is 108 Å². The van der Waals surface area contributed by atoms with Crippen LogP contribution in [-0.2, 0) is 0 Å². The molecule has 0 saturated heterocycles. The van der Waals surface area contributed by atoms with E-state index < -0.39 is 0 Å². The molecule has 0 spiro atoms. The molecular weight excluding hydrogens is 230 g/mol. The molecule has 0 amide bonds. The minimum Gasteiger partial charge on any atom is -0.388 e. The number of thiocarbonyl (C=S) groups is 1. The quantitative estimate of drug-likeness (QED) is 0.787. The lowest BCUT2D eigenvalue weighted by molar-refractivity contribution is 0.380. The van der Waals surface area contributed by atoms with Crippen molar-refractivity contribution in [3.8, 4) is 0 Å². The summed E-state index contributed by atoms with van der Waals surface area (Å²) >= 11 is 4.87. The average Bonchev–Trinajstić information content (AvgIpc) is 3.08. The van der Waals surface area contributed by atoms with Crippen molar-refractivity contribution in [2.45, 2.75) is 26.7 Å². The van der Waals surface area contributed by atoms with Gasteiger partial charge in [0, 0.05) is 6.54 Å². The van der Waals surface area contributed by atoms with Crippen molar-refractivity contribution >= 4 is 22.9 Å². The maximum atomic E-state index is 5.51. The molecule has 0 bridgehead atoms. The number of nitrogens with zero attached hydrogens (tertiary/aromatic N) is 1. The summed E-state index contributed by atoms with van der Waals surface area (Å²) in [5, 5.41) is 3.45. The molecular formula is C13H19N3S. The van der Waals surface area contributed by atoms with Crippen molar-refractivity contribution in [1.29, 1.82) is 0 Å². The van der Waals surface area contributed by atoms with Gasteiger partial charge in [-0.1, -0.05) is 26.1 Å². The molecule has 1 heterocycles. The zero-order valence-electron chi connectivity index (χ0n) is 10.4. The molecule has 1 fully saturated rings. The maximum absolute atomic E-state index is 5.51. The van der Waals surface area contributed by atoms with Crippen molar-refractivity contribution in [3.05, 3.63) is 24.0 Å². The first-order valence-electron chi connectivity index (χ1n) is 6.03. The maximum Gasteiger partial charge on any atom is 0.122 e. The first-order chi connectivity index (χ1) is 8.03. The summed E-state index contributed by atoms with van der Waals surface area (Å²) in [6, 6.07) is 3.84. The fourth-order valence-electron chi connectivity index (χ4n) is 2.04. The van der Waals surface area contributed by atoms with Crippen LogP contribution in [0.4, 0.5) is 5.69 Å². The largest absolute Gasteiger partial charge is 0.388 e. The molecule has 1 aliphatic carbocycles. The van der Waals surface area contributed by atoms with Gasteiger partial charge < -0.3 is 11.1 Å². The predicted molar refractivity (Wildman–Crippen MR) is 75.1 cm³/mol. The van der Waals surface area contributed by atoms with Gasteiger partial charge in [0.1, 0.15) is 4.99 Å². The van der Waals surface area contributed by atoms with Crippen molar-refractivity contribution in [2.75, 3.05) is 11.9 Å². The van der Waals surface area contributed by atoms with Crippen molar-refractivity contribution < 1.29 is 0 Å². The second-order valence-electron chi connectivity index (χ2n) is 5.17. The van der Waals surface area contributed by atoms with Crippen molar-refractivity contribution in [1.82, 2.24) is 4.98 Å². The first kappa shape index (κ1) is 12.3. The third kappa shape index (κ3) is 2.75. The number of nitrogens with one attached hydrogen (secondary N) is 1. The van der Waals surface area contributed by atoms with E-state index in [-0.39, 0.29) is 0 Å². The molecule has 2 rings (SSSR count). The van der Waals surface area contributed by atoms with Crippen LogP contribution in [0.25, 0.3) is 0 Å². The zero-order chi connectivity index (χ0) is 12.5. The number of aromatic nitrogens is 1. The van der Waals surface area contributed by atoms with Gasteiger partial charge >= 0.3 is 0 Å². The summed E-state index contributed by atoms with van der Waals surface area (Å²) in [5.41, 5.74) is 7.72. The van der Waals surface area contributed by atoms with E-state index in [1.807, 2.05) is 12.1 Å². The SMILES string of the molecule is CC(C)C1(CNc2ccc(C(N)=S)nc2)CC1. The van der Waals surface area contributed by atoms with Crippen LogP contribution >= 0.6 is 12.2 Å². The number of hydrogen-bond acceptors (Lipinski definition) is 3. The van der Waals surface area contributed by atoms with Gasteiger partial charge in [-0.2, -0.15) is 0 Å². The Morgan fingerprint density at radius 1 is 1.53 bits per heavy atom. The smallest absolute Gasteiger partial charge is 0.122 e. The second-order valence-corrected chi connectivity index (χ2v) is 5.61. The van der Waals surface area contributed by atoms with Crippen LogP contribution in [0.1, 0.15) is 32.4 Å². The lowest BCUT2D eigenvalue weighted by atomic mass is 9.92. The topological polar surface area (TPSA) is 50.9 Å². The third-order valence-electron chi connectivity index (χ3n) is 3.78. The lowest BCUT2D eigenvalue weighted by Crippen LogP contribution is -2.21. The highest BCUT2D eigenvalue weighted by Gasteiger charge is 2.44. The van der Waals surface area contributed by atoms with Crippen LogP contribution in [-0.4, -0.2) is 16.5 Å². The monoisotopic (exact) mass is 249 g/mol. The number of rotatable bonds is 5. The number of pyridine rings is 1. The van der Waals surface area contributed by atoms with Gasteiger partial charge in [0.25, 0.3) is 0 Å². The molecule has 0 atom stereocenters. The zero-order valence-corrected chi connectivity index (χ0v) is 11.2. The van der Waals surface area contributed by atoms with E-state index in [1.165, 1.54) is 12.8 Å². The van der Waals surface area contributed by atoms with Crippen molar-refractivity contribution in [2.24, 2.45) is 17.1 Å². The van der Waals surface area contributed by atoms with Crippen LogP contribution in [0, 0.1) is 11.3 Å². The summed E-state index contributed by atoms with van der Waals surface area (Å²) in [4.78, 5) is 4.56. The highest BCUT2D eigenvalue weighted by molar-refractivity contribution is 7.80. The molecule has 3 N–H and O–H groups in total. The minimum atomic E-state index is 0.345. The Bertz CT molecular complexity index is 407. The standard InChI is InChI=1S/C13H19N3S/c1-9(2)13(5-6-13)8-16-10-3-4-11(12(14)17)15-7-10/h3-4,7,9,16H,5-6,8H2,1-2H3,(H2,14,17). The van der Waals surface area contributed by atoms with E-state index >= 15 is 0 Å². The average molecular weight is 249 g/mol. The molecule has 1 saturated carbocycles. The molecule has 0 radical (unpaired) electrons. The van der Waals surface area contributed by atoms with E-state index in [0.717, 1.165) is 18.2 Å². The fraction of sp³-hybridized carbons (Fsp3) is 0.538. The Hall–Kier alpha value is -1.16. The molecule has 3 nitrogen and oxygen atoms in total. The first-order valence-corrected chi connectivity index (χ1v) is 6.44. The van der Waals surface area contributed by atoms with E-state index in [1.54, 1.807) is 6.20 Å². The molecule has 1 aromatic rings. The van der Waals surface area contributed by atoms with Gasteiger partial charge in [0.2, 0.25) is 0 Å². The third-order valence-corrected chi connectivity index (χ3v) is 3.99. The van der Waals surface area contributed by atoms with E-state index in [2.05, 4.69) is 24.1 Å². The highest BCUT2D eigenvalue weighted by Crippen LogP contribution is 2.51. The number of hydrogen-bond donors (Lipinski definition) is 2. The normalized spacial score (nSPS) is 16.9. The molecule has 17 heavy (non-hydrogen) atoms. The number of anilines is 1. The Morgan fingerprint density at radius 2 is 2.24 bits per heavy atom.